The van der Waals surface area contributed by atoms with Gasteiger partial charge in [-0.05, 0) is 31.2 Å². The van der Waals surface area contributed by atoms with Crippen LogP contribution in [0.25, 0.3) is 11.5 Å². The molecule has 4 nitrogen and oxygen atoms in total. The van der Waals surface area contributed by atoms with Crippen molar-refractivity contribution in [1.82, 2.24) is 10.2 Å². The SMILES string of the molecule is CCNc1nnc(-c2ccc(Br)cc2)o1. The van der Waals surface area contributed by atoms with Gasteiger partial charge in [0.2, 0.25) is 5.89 Å². The van der Waals surface area contributed by atoms with Crippen LogP contribution in [0, 0.1) is 0 Å². The first-order valence-electron chi connectivity index (χ1n) is 4.63. The Morgan fingerprint density at radius 1 is 1.27 bits per heavy atom. The van der Waals surface area contributed by atoms with Crippen molar-refractivity contribution < 1.29 is 4.42 Å². The topological polar surface area (TPSA) is 51.0 Å². The quantitative estimate of drug-likeness (QED) is 0.929. The van der Waals surface area contributed by atoms with Gasteiger partial charge < -0.3 is 9.73 Å². The summed E-state index contributed by atoms with van der Waals surface area (Å²) in [7, 11) is 0. The minimum absolute atomic E-state index is 0.454. The van der Waals surface area contributed by atoms with E-state index < -0.39 is 0 Å². The van der Waals surface area contributed by atoms with E-state index in [4.69, 9.17) is 4.42 Å². The van der Waals surface area contributed by atoms with Gasteiger partial charge in [-0.25, -0.2) is 0 Å². The van der Waals surface area contributed by atoms with Gasteiger partial charge in [-0.3, -0.25) is 0 Å². The number of benzene rings is 1. The fourth-order valence-electron chi connectivity index (χ4n) is 1.16. The monoisotopic (exact) mass is 267 g/mol. The van der Waals surface area contributed by atoms with E-state index in [0.29, 0.717) is 11.9 Å². The van der Waals surface area contributed by atoms with Crippen LogP contribution in [0.4, 0.5) is 6.01 Å². The number of halogens is 1. The van der Waals surface area contributed by atoms with Crippen LogP contribution in [0.1, 0.15) is 6.92 Å². The van der Waals surface area contributed by atoms with Crippen molar-refractivity contribution in [3.63, 3.8) is 0 Å². The predicted molar refractivity (Wildman–Crippen MR) is 61.6 cm³/mol. The lowest BCUT2D eigenvalue weighted by Gasteiger charge is -1.95. The van der Waals surface area contributed by atoms with E-state index in [2.05, 4.69) is 31.4 Å². The summed E-state index contributed by atoms with van der Waals surface area (Å²) in [5, 5.41) is 10.8. The van der Waals surface area contributed by atoms with E-state index in [9.17, 15) is 0 Å². The Labute approximate surface area is 95.8 Å². The molecule has 1 aromatic carbocycles. The zero-order valence-corrected chi connectivity index (χ0v) is 9.78. The summed E-state index contributed by atoms with van der Waals surface area (Å²) in [6, 6.07) is 8.18. The molecule has 78 valence electrons. The Bertz CT molecular complexity index is 438. The Morgan fingerprint density at radius 3 is 2.67 bits per heavy atom. The summed E-state index contributed by atoms with van der Waals surface area (Å²) < 4.78 is 6.43. The number of hydrogen-bond acceptors (Lipinski definition) is 4. The average molecular weight is 268 g/mol. The Hall–Kier alpha value is -1.36. The highest BCUT2D eigenvalue weighted by molar-refractivity contribution is 9.10. The fraction of sp³-hybridized carbons (Fsp3) is 0.200. The molecule has 0 spiro atoms. The molecule has 0 bridgehead atoms. The first kappa shape index (κ1) is 10.2. The summed E-state index contributed by atoms with van der Waals surface area (Å²) >= 11 is 3.37. The van der Waals surface area contributed by atoms with Crippen molar-refractivity contribution in [1.29, 1.82) is 0 Å². The fourth-order valence-corrected chi connectivity index (χ4v) is 1.42. The number of nitrogens with one attached hydrogen (secondary N) is 1. The highest BCUT2D eigenvalue weighted by Gasteiger charge is 2.06. The van der Waals surface area contributed by atoms with E-state index in [-0.39, 0.29) is 0 Å². The van der Waals surface area contributed by atoms with Crippen LogP contribution in [0.3, 0.4) is 0 Å². The predicted octanol–water partition coefficient (Wildman–Crippen LogP) is 2.93. The van der Waals surface area contributed by atoms with Gasteiger partial charge in [0.15, 0.2) is 0 Å². The molecule has 0 aliphatic heterocycles. The molecule has 1 N–H and O–H groups in total. The maximum Gasteiger partial charge on any atom is 0.315 e. The molecule has 0 atom stereocenters. The van der Waals surface area contributed by atoms with Crippen LogP contribution in [-0.4, -0.2) is 16.7 Å². The van der Waals surface area contributed by atoms with Crippen molar-refractivity contribution in [3.8, 4) is 11.5 Å². The van der Waals surface area contributed by atoms with E-state index in [1.165, 1.54) is 0 Å². The van der Waals surface area contributed by atoms with Crippen LogP contribution in [0.15, 0.2) is 33.2 Å². The highest BCUT2D eigenvalue weighted by Crippen LogP contribution is 2.21. The molecule has 0 aliphatic carbocycles. The van der Waals surface area contributed by atoms with Crippen molar-refractivity contribution in [2.24, 2.45) is 0 Å². The maximum atomic E-state index is 5.40. The number of aromatic nitrogens is 2. The highest BCUT2D eigenvalue weighted by atomic mass is 79.9. The third-order valence-corrected chi connectivity index (χ3v) is 2.37. The van der Waals surface area contributed by atoms with E-state index in [0.717, 1.165) is 16.6 Å². The largest absolute Gasteiger partial charge is 0.403 e. The van der Waals surface area contributed by atoms with Crippen molar-refractivity contribution in [2.75, 3.05) is 11.9 Å². The second kappa shape index (κ2) is 4.44. The van der Waals surface area contributed by atoms with Crippen LogP contribution in [-0.2, 0) is 0 Å². The molecule has 0 saturated heterocycles. The molecule has 0 fully saturated rings. The molecule has 0 saturated carbocycles. The van der Waals surface area contributed by atoms with E-state index >= 15 is 0 Å². The van der Waals surface area contributed by atoms with Crippen molar-refractivity contribution in [2.45, 2.75) is 6.92 Å². The molecule has 2 rings (SSSR count). The summed E-state index contributed by atoms with van der Waals surface area (Å²) in [5.74, 6) is 0.526. The Kier molecular flexibility index (Phi) is 3.01. The number of rotatable bonds is 3. The summed E-state index contributed by atoms with van der Waals surface area (Å²) in [5.41, 5.74) is 0.912. The van der Waals surface area contributed by atoms with Crippen molar-refractivity contribution >= 4 is 21.9 Å². The molecule has 1 aromatic heterocycles. The molecule has 1 heterocycles. The van der Waals surface area contributed by atoms with Gasteiger partial charge in [0.05, 0.1) is 0 Å². The minimum atomic E-state index is 0.454. The first-order valence-corrected chi connectivity index (χ1v) is 5.42. The molecular weight excluding hydrogens is 258 g/mol. The third-order valence-electron chi connectivity index (χ3n) is 1.84. The molecule has 5 heteroatoms. The number of hydrogen-bond donors (Lipinski definition) is 1. The standard InChI is InChI=1S/C10H10BrN3O/c1-2-12-10-14-13-9(15-10)7-3-5-8(11)6-4-7/h3-6H,2H2,1H3,(H,12,14). The normalized spacial score (nSPS) is 10.3. The van der Waals surface area contributed by atoms with Crippen molar-refractivity contribution in [3.05, 3.63) is 28.7 Å². The molecule has 15 heavy (non-hydrogen) atoms. The molecular formula is C10H10BrN3O. The molecule has 2 aromatic rings. The molecule has 0 unspecified atom stereocenters. The minimum Gasteiger partial charge on any atom is -0.403 e. The van der Waals surface area contributed by atoms with E-state index in [1.807, 2.05) is 31.2 Å². The molecule has 0 radical (unpaired) electrons. The lowest BCUT2D eigenvalue weighted by atomic mass is 10.2. The number of anilines is 1. The third kappa shape index (κ3) is 2.36. The summed E-state index contributed by atoms with van der Waals surface area (Å²) in [6.07, 6.45) is 0. The van der Waals surface area contributed by atoms with Crippen LogP contribution < -0.4 is 5.32 Å². The Morgan fingerprint density at radius 2 is 2.00 bits per heavy atom. The molecule has 0 amide bonds. The zero-order valence-electron chi connectivity index (χ0n) is 8.20. The maximum absolute atomic E-state index is 5.40. The Balaban J connectivity index is 2.25. The lowest BCUT2D eigenvalue weighted by Crippen LogP contribution is -1.95. The molecule has 0 aliphatic rings. The summed E-state index contributed by atoms with van der Waals surface area (Å²) in [4.78, 5) is 0. The van der Waals surface area contributed by atoms with Gasteiger partial charge in [0, 0.05) is 16.6 Å². The van der Waals surface area contributed by atoms with E-state index in [1.54, 1.807) is 0 Å². The lowest BCUT2D eigenvalue weighted by molar-refractivity contribution is 0.582. The smallest absolute Gasteiger partial charge is 0.315 e. The van der Waals surface area contributed by atoms with Gasteiger partial charge in [-0.15, -0.1) is 5.10 Å². The van der Waals surface area contributed by atoms with Crippen LogP contribution >= 0.6 is 15.9 Å². The number of nitrogens with zero attached hydrogens (tertiary/aromatic N) is 2. The second-order valence-corrected chi connectivity index (χ2v) is 3.87. The average Bonchev–Trinajstić information content (AvgIpc) is 2.68. The van der Waals surface area contributed by atoms with Crippen LogP contribution in [0.2, 0.25) is 0 Å². The van der Waals surface area contributed by atoms with Gasteiger partial charge in [-0.2, -0.15) is 0 Å². The zero-order chi connectivity index (χ0) is 10.7. The van der Waals surface area contributed by atoms with Crippen LogP contribution in [0.5, 0.6) is 0 Å². The van der Waals surface area contributed by atoms with Gasteiger partial charge in [0.25, 0.3) is 0 Å². The first-order chi connectivity index (χ1) is 7.29. The van der Waals surface area contributed by atoms with Gasteiger partial charge in [-0.1, -0.05) is 21.0 Å². The second-order valence-electron chi connectivity index (χ2n) is 2.95. The van der Waals surface area contributed by atoms with Gasteiger partial charge in [0.1, 0.15) is 0 Å². The summed E-state index contributed by atoms with van der Waals surface area (Å²) in [6.45, 7) is 2.74. The van der Waals surface area contributed by atoms with Gasteiger partial charge >= 0.3 is 6.01 Å².